The summed E-state index contributed by atoms with van der Waals surface area (Å²) in [5, 5.41) is 6.31. The molecule has 1 aliphatic carbocycles. The Hall–Kier alpha value is -1.22. The first-order valence-electron chi connectivity index (χ1n) is 5.64. The molecule has 0 bridgehead atoms. The van der Waals surface area contributed by atoms with Crippen LogP contribution in [0.3, 0.4) is 0 Å². The van der Waals surface area contributed by atoms with Crippen molar-refractivity contribution in [2.75, 3.05) is 13.1 Å². The molecule has 0 atom stereocenters. The maximum atomic E-state index is 11.9. The molecule has 5 heteroatoms. The first-order chi connectivity index (χ1) is 7.35. The predicted octanol–water partition coefficient (Wildman–Crippen LogP) is 2.49. The number of azide groups is 1. The van der Waals surface area contributed by atoms with Crippen molar-refractivity contribution in [3.05, 3.63) is 10.4 Å². The zero-order chi connectivity index (χ0) is 12.4. The molecule has 0 saturated heterocycles. The molecule has 0 aromatic heterocycles. The van der Waals surface area contributed by atoms with Gasteiger partial charge in [-0.15, -0.1) is 0 Å². The van der Waals surface area contributed by atoms with Gasteiger partial charge in [-0.1, -0.05) is 32.8 Å². The van der Waals surface area contributed by atoms with Gasteiger partial charge in [-0.25, -0.2) is 0 Å². The van der Waals surface area contributed by atoms with Crippen molar-refractivity contribution < 1.29 is 4.79 Å². The zero-order valence-corrected chi connectivity index (χ0v) is 10.4. The van der Waals surface area contributed by atoms with E-state index >= 15 is 0 Å². The molecule has 1 fully saturated rings. The number of amides is 1. The highest BCUT2D eigenvalue weighted by Gasteiger charge is 2.68. The lowest BCUT2D eigenvalue weighted by molar-refractivity contribution is -0.123. The van der Waals surface area contributed by atoms with Gasteiger partial charge in [0.05, 0.1) is 0 Å². The van der Waals surface area contributed by atoms with Crippen molar-refractivity contribution in [2.24, 2.45) is 21.9 Å². The maximum absolute atomic E-state index is 11.9. The summed E-state index contributed by atoms with van der Waals surface area (Å²) < 4.78 is 0. The molecule has 0 unspecified atom stereocenters. The van der Waals surface area contributed by atoms with Crippen LogP contribution in [0.25, 0.3) is 10.4 Å². The molecule has 1 aliphatic rings. The molecule has 1 N–H and O–H groups in total. The van der Waals surface area contributed by atoms with Gasteiger partial charge >= 0.3 is 0 Å². The molecule has 0 heterocycles. The molecule has 1 amide bonds. The lowest BCUT2D eigenvalue weighted by Gasteiger charge is -2.04. The van der Waals surface area contributed by atoms with Crippen molar-refractivity contribution in [1.82, 2.24) is 5.32 Å². The molecule has 0 aromatic rings. The van der Waals surface area contributed by atoms with Crippen LogP contribution < -0.4 is 5.32 Å². The first-order valence-corrected chi connectivity index (χ1v) is 5.64. The van der Waals surface area contributed by atoms with Crippen LogP contribution in [0.15, 0.2) is 5.11 Å². The predicted molar refractivity (Wildman–Crippen MR) is 62.7 cm³/mol. The van der Waals surface area contributed by atoms with Gasteiger partial charge in [-0.05, 0) is 22.8 Å². The van der Waals surface area contributed by atoms with Crippen LogP contribution in [-0.2, 0) is 4.79 Å². The Morgan fingerprint density at radius 3 is 2.38 bits per heavy atom. The Balaban J connectivity index is 2.30. The van der Waals surface area contributed by atoms with E-state index < -0.39 is 0 Å². The average molecular weight is 224 g/mol. The largest absolute Gasteiger partial charge is 0.356 e. The third kappa shape index (κ3) is 2.14. The first kappa shape index (κ1) is 12.8. The summed E-state index contributed by atoms with van der Waals surface area (Å²) in [5.74, 6) is 0.218. The van der Waals surface area contributed by atoms with Crippen molar-refractivity contribution in [3.63, 3.8) is 0 Å². The van der Waals surface area contributed by atoms with Crippen LogP contribution in [0.1, 0.15) is 34.1 Å². The average Bonchev–Trinajstić information content (AvgIpc) is 2.57. The van der Waals surface area contributed by atoms with E-state index in [4.69, 9.17) is 5.53 Å². The molecular weight excluding hydrogens is 204 g/mol. The van der Waals surface area contributed by atoms with Crippen LogP contribution in [0.4, 0.5) is 0 Å². The number of hydrogen-bond donors (Lipinski definition) is 1. The van der Waals surface area contributed by atoms with Crippen molar-refractivity contribution >= 4 is 5.91 Å². The molecule has 0 spiro atoms. The molecule has 90 valence electrons. The third-order valence-electron chi connectivity index (χ3n) is 4.08. The van der Waals surface area contributed by atoms with Crippen LogP contribution in [0.2, 0.25) is 0 Å². The molecule has 0 aliphatic heterocycles. The summed E-state index contributed by atoms with van der Waals surface area (Å²) in [6, 6.07) is 0. The van der Waals surface area contributed by atoms with Crippen LogP contribution in [0, 0.1) is 16.7 Å². The Morgan fingerprint density at radius 2 is 1.94 bits per heavy atom. The molecule has 5 nitrogen and oxygen atoms in total. The van der Waals surface area contributed by atoms with Crippen LogP contribution in [0.5, 0.6) is 0 Å². The monoisotopic (exact) mass is 224 g/mol. The Kier molecular flexibility index (Phi) is 3.48. The summed E-state index contributed by atoms with van der Waals surface area (Å²) in [6.45, 7) is 9.51. The number of hydrogen-bond acceptors (Lipinski definition) is 2. The van der Waals surface area contributed by atoms with Gasteiger partial charge < -0.3 is 5.32 Å². The summed E-state index contributed by atoms with van der Waals surface area (Å²) >= 11 is 0. The van der Waals surface area contributed by atoms with E-state index in [9.17, 15) is 4.79 Å². The smallest absolute Gasteiger partial charge is 0.224 e. The highest BCUT2D eigenvalue weighted by molar-refractivity contribution is 5.84. The Bertz CT molecular complexity index is 315. The summed E-state index contributed by atoms with van der Waals surface area (Å²) in [4.78, 5) is 14.5. The van der Waals surface area contributed by atoms with E-state index in [2.05, 4.69) is 43.0 Å². The number of nitrogens with zero attached hydrogens (tertiary/aromatic N) is 3. The second kappa shape index (κ2) is 4.34. The molecule has 1 rings (SSSR count). The SMILES string of the molecule is CC1(C)C(C(=O)NCCCN=[N+]=[N-])C1(C)C. The van der Waals surface area contributed by atoms with Gasteiger partial charge in [0, 0.05) is 23.9 Å². The highest BCUT2D eigenvalue weighted by atomic mass is 16.2. The van der Waals surface area contributed by atoms with E-state index in [0.29, 0.717) is 19.5 Å². The Morgan fingerprint density at radius 1 is 1.38 bits per heavy atom. The number of carbonyl (C=O) groups is 1. The molecular formula is C11H20N4O. The van der Waals surface area contributed by atoms with Gasteiger partial charge in [0.15, 0.2) is 0 Å². The minimum absolute atomic E-state index is 0.0852. The second-order valence-electron chi connectivity index (χ2n) is 5.48. The quantitative estimate of drug-likeness (QED) is 0.331. The van der Waals surface area contributed by atoms with E-state index in [0.717, 1.165) is 0 Å². The standard InChI is InChI=1S/C11H20N4O/c1-10(2)8(11(10,3)4)9(16)13-6-5-7-14-15-12/h8H,5-7H2,1-4H3,(H,13,16). The van der Waals surface area contributed by atoms with Gasteiger partial charge in [-0.3, -0.25) is 4.79 Å². The summed E-state index contributed by atoms with van der Waals surface area (Å²) in [5.41, 5.74) is 8.25. The van der Waals surface area contributed by atoms with Crippen LogP contribution >= 0.6 is 0 Å². The van der Waals surface area contributed by atoms with E-state index in [1.165, 1.54) is 0 Å². The van der Waals surface area contributed by atoms with Gasteiger partial charge in [0.25, 0.3) is 0 Å². The molecule has 1 saturated carbocycles. The number of carbonyl (C=O) groups excluding carboxylic acids is 1. The number of rotatable bonds is 5. The van der Waals surface area contributed by atoms with Gasteiger partial charge in [-0.2, -0.15) is 0 Å². The normalized spacial score (nSPS) is 21.0. The summed E-state index contributed by atoms with van der Waals surface area (Å²) in [6.07, 6.45) is 0.698. The fraction of sp³-hybridized carbons (Fsp3) is 0.909. The van der Waals surface area contributed by atoms with E-state index in [-0.39, 0.29) is 22.7 Å². The highest BCUT2D eigenvalue weighted by Crippen LogP contribution is 2.68. The molecule has 0 aromatic carbocycles. The van der Waals surface area contributed by atoms with Crippen molar-refractivity contribution in [1.29, 1.82) is 0 Å². The third-order valence-corrected chi connectivity index (χ3v) is 4.08. The molecule has 16 heavy (non-hydrogen) atoms. The van der Waals surface area contributed by atoms with Gasteiger partial charge in [0.2, 0.25) is 5.91 Å². The fourth-order valence-corrected chi connectivity index (χ4v) is 2.36. The maximum Gasteiger partial charge on any atom is 0.224 e. The summed E-state index contributed by atoms with van der Waals surface area (Å²) in [7, 11) is 0. The van der Waals surface area contributed by atoms with Gasteiger partial charge in [0.1, 0.15) is 0 Å². The van der Waals surface area contributed by atoms with E-state index in [1.54, 1.807) is 0 Å². The Labute approximate surface area is 96.2 Å². The second-order valence-corrected chi connectivity index (χ2v) is 5.48. The topological polar surface area (TPSA) is 77.9 Å². The lowest BCUT2D eigenvalue weighted by atomic mass is 10.0. The lowest BCUT2D eigenvalue weighted by Crippen LogP contribution is -2.28. The zero-order valence-electron chi connectivity index (χ0n) is 10.4. The van der Waals surface area contributed by atoms with Crippen LogP contribution in [-0.4, -0.2) is 19.0 Å². The number of nitrogens with one attached hydrogen (secondary N) is 1. The minimum Gasteiger partial charge on any atom is -0.356 e. The fourth-order valence-electron chi connectivity index (χ4n) is 2.36. The van der Waals surface area contributed by atoms with Crippen molar-refractivity contribution in [2.45, 2.75) is 34.1 Å². The van der Waals surface area contributed by atoms with E-state index in [1.807, 2.05) is 0 Å². The minimum atomic E-state index is 0.0852. The van der Waals surface area contributed by atoms with Crippen molar-refractivity contribution in [3.8, 4) is 0 Å². The molecule has 0 radical (unpaired) electrons.